The molecule has 0 saturated carbocycles. The van der Waals surface area contributed by atoms with E-state index in [0.717, 1.165) is 65.7 Å². The van der Waals surface area contributed by atoms with Gasteiger partial charge in [-0.1, -0.05) is 35.5 Å². The molecule has 0 bridgehead atoms. The van der Waals surface area contributed by atoms with Crippen LogP contribution in [0.3, 0.4) is 0 Å². The summed E-state index contributed by atoms with van der Waals surface area (Å²) in [5.41, 5.74) is 5.90. The lowest BCUT2D eigenvalue weighted by Gasteiger charge is -2.39. The number of rotatable bonds is 21. The number of hydrogen-bond donors (Lipinski definition) is 4. The van der Waals surface area contributed by atoms with Gasteiger partial charge in [-0.05, 0) is 51.5 Å². The highest BCUT2D eigenvalue weighted by molar-refractivity contribution is 5.92. The van der Waals surface area contributed by atoms with Crippen LogP contribution in [0.1, 0.15) is 66.4 Å². The molecule has 16 heteroatoms. The number of aliphatic hydroxyl groups is 4. The van der Waals surface area contributed by atoms with Crippen molar-refractivity contribution in [3.63, 3.8) is 0 Å². The Hall–Kier alpha value is -4.65. The molecule has 6 rings (SSSR count). The molecular weight excluding hydrogens is 762 g/mol. The molecule has 0 amide bonds. The minimum atomic E-state index is -1.53. The zero-order valence-corrected chi connectivity index (χ0v) is 34.2. The molecule has 2 aliphatic rings. The fourth-order valence-electron chi connectivity index (χ4n) is 7.46. The molecule has 2 aliphatic heterocycles. The van der Waals surface area contributed by atoms with E-state index < -0.39 is 43.3 Å². The summed E-state index contributed by atoms with van der Waals surface area (Å²) in [7, 11) is 0. The summed E-state index contributed by atoms with van der Waals surface area (Å²) < 4.78 is 36.1. The summed E-state index contributed by atoms with van der Waals surface area (Å²) in [5, 5.41) is 47.4. The average molecular weight is 820 g/mol. The van der Waals surface area contributed by atoms with Gasteiger partial charge in [-0.2, -0.15) is 0 Å². The minimum Gasteiger partial charge on any atom is -0.460 e. The van der Waals surface area contributed by atoms with Crippen LogP contribution in [-0.4, -0.2) is 138 Å². The molecule has 0 unspecified atom stereocenters. The normalized spacial score (nSPS) is 20.1. The first kappa shape index (κ1) is 43.9. The number of anilines is 2. The quantitative estimate of drug-likeness (QED) is 0.0622. The van der Waals surface area contributed by atoms with Crippen molar-refractivity contribution >= 4 is 17.3 Å². The largest absolute Gasteiger partial charge is 0.460 e. The summed E-state index contributed by atoms with van der Waals surface area (Å²) in [5.74, 6) is 0.859. The van der Waals surface area contributed by atoms with E-state index >= 15 is 0 Å². The molecule has 3 heterocycles. The fourth-order valence-corrected chi connectivity index (χ4v) is 7.46. The Kier molecular flexibility index (Phi) is 15.7. The Morgan fingerprint density at radius 3 is 2.00 bits per heavy atom. The number of carbonyl (C=O) groups is 1. The lowest BCUT2D eigenvalue weighted by molar-refractivity contribution is -0.304. The maximum atomic E-state index is 13.7. The molecule has 5 atom stereocenters. The lowest BCUT2D eigenvalue weighted by atomic mass is 9.80. The fraction of sp³-hybridized carbons (Fsp3) is 0.512. The smallest absolute Gasteiger partial charge is 0.338 e. The molecule has 320 valence electrons. The number of aliphatic hydroxyl groups excluding tert-OH is 4. The number of ether oxygens (including phenoxy) is 6. The molecule has 3 aromatic carbocycles. The van der Waals surface area contributed by atoms with Crippen molar-refractivity contribution in [1.82, 2.24) is 15.0 Å². The van der Waals surface area contributed by atoms with Crippen molar-refractivity contribution in [2.75, 3.05) is 75.6 Å². The second-order valence-corrected chi connectivity index (χ2v) is 14.3. The van der Waals surface area contributed by atoms with Gasteiger partial charge in [0.1, 0.15) is 48.2 Å². The van der Waals surface area contributed by atoms with Crippen LogP contribution in [0.5, 0.6) is 11.5 Å². The Balaban J connectivity index is 0.987. The van der Waals surface area contributed by atoms with Crippen LogP contribution >= 0.6 is 0 Å². The highest BCUT2D eigenvalue weighted by Crippen LogP contribution is 2.50. The van der Waals surface area contributed by atoms with Gasteiger partial charge >= 0.3 is 5.97 Å². The molecule has 0 aliphatic carbocycles. The van der Waals surface area contributed by atoms with Crippen molar-refractivity contribution in [2.45, 2.75) is 77.5 Å². The Morgan fingerprint density at radius 1 is 0.763 bits per heavy atom. The van der Waals surface area contributed by atoms with Crippen molar-refractivity contribution in [3.05, 3.63) is 94.8 Å². The van der Waals surface area contributed by atoms with E-state index in [4.69, 9.17) is 28.4 Å². The molecular formula is C43H57N5O11. The third kappa shape index (κ3) is 10.4. The van der Waals surface area contributed by atoms with Crippen LogP contribution < -0.4 is 14.5 Å². The maximum absolute atomic E-state index is 13.7. The summed E-state index contributed by atoms with van der Waals surface area (Å²) in [6, 6.07) is 20.3. The maximum Gasteiger partial charge on any atom is 0.338 e. The molecule has 4 N–H and O–H groups in total. The zero-order chi connectivity index (χ0) is 41.9. The van der Waals surface area contributed by atoms with E-state index in [1.165, 1.54) is 0 Å². The van der Waals surface area contributed by atoms with Gasteiger partial charge in [0.05, 0.1) is 57.9 Å². The van der Waals surface area contributed by atoms with E-state index in [2.05, 4.69) is 84.2 Å². The average Bonchev–Trinajstić information content (AvgIpc) is 3.72. The lowest BCUT2D eigenvalue weighted by Crippen LogP contribution is -2.59. The molecule has 0 spiro atoms. The van der Waals surface area contributed by atoms with E-state index in [-0.39, 0.29) is 25.7 Å². The van der Waals surface area contributed by atoms with Crippen LogP contribution in [0.4, 0.5) is 11.4 Å². The predicted molar refractivity (Wildman–Crippen MR) is 218 cm³/mol. The van der Waals surface area contributed by atoms with Gasteiger partial charge in [-0.15, -0.1) is 5.10 Å². The Labute approximate surface area is 344 Å². The molecule has 0 radical (unpaired) electrons. The van der Waals surface area contributed by atoms with Crippen LogP contribution in [0.15, 0.2) is 66.9 Å². The number of hydrogen-bond acceptors (Lipinski definition) is 15. The van der Waals surface area contributed by atoms with Crippen LogP contribution in [0.25, 0.3) is 0 Å². The first-order chi connectivity index (χ1) is 28.7. The summed E-state index contributed by atoms with van der Waals surface area (Å²) >= 11 is 0. The number of aromatic nitrogens is 3. The van der Waals surface area contributed by atoms with E-state index in [9.17, 15) is 25.2 Å². The number of esters is 1. The van der Waals surface area contributed by atoms with Crippen LogP contribution in [-0.2, 0) is 36.8 Å². The summed E-state index contributed by atoms with van der Waals surface area (Å²) in [6.07, 6.45) is -5.17. The van der Waals surface area contributed by atoms with E-state index in [0.29, 0.717) is 37.6 Å². The number of fused-ring (bicyclic) bond motifs is 2. The molecule has 4 aromatic rings. The van der Waals surface area contributed by atoms with Crippen molar-refractivity contribution in [3.8, 4) is 11.5 Å². The monoisotopic (exact) mass is 819 g/mol. The highest BCUT2D eigenvalue weighted by Gasteiger charge is 2.44. The summed E-state index contributed by atoms with van der Waals surface area (Å²) in [6.45, 7) is 13.0. The molecule has 1 aromatic heterocycles. The van der Waals surface area contributed by atoms with Gasteiger partial charge in [-0.3, -0.25) is 0 Å². The van der Waals surface area contributed by atoms with Crippen molar-refractivity contribution in [1.29, 1.82) is 0 Å². The van der Waals surface area contributed by atoms with Gasteiger partial charge in [0.2, 0.25) is 0 Å². The number of carbonyl (C=O) groups excluding carboxylic acids is 1. The number of benzene rings is 3. The van der Waals surface area contributed by atoms with Crippen molar-refractivity contribution < 1.29 is 53.6 Å². The molecule has 1 saturated heterocycles. The van der Waals surface area contributed by atoms with Gasteiger partial charge in [0, 0.05) is 66.7 Å². The SMILES string of the molecule is CCN(CC)c1ccc2c(c1)Oc1cc(N(CC)CC)ccc1C2c1ccccc1C(=O)OCCOCCOCCn1cc(CO[C@H]2O[C@H](CO)[C@@H](O)[C@H](O)[C@@H]2O)nn1. The third-order valence-electron chi connectivity index (χ3n) is 10.7. The van der Waals surface area contributed by atoms with Gasteiger partial charge in [-0.25, -0.2) is 9.48 Å². The first-order valence-electron chi connectivity index (χ1n) is 20.4. The van der Waals surface area contributed by atoms with E-state index in [1.807, 2.05) is 18.2 Å². The van der Waals surface area contributed by atoms with Crippen LogP contribution in [0, 0.1) is 0 Å². The summed E-state index contributed by atoms with van der Waals surface area (Å²) in [4.78, 5) is 18.2. The van der Waals surface area contributed by atoms with Gasteiger partial charge in [0.15, 0.2) is 6.29 Å². The van der Waals surface area contributed by atoms with Crippen LogP contribution in [0.2, 0.25) is 0 Å². The zero-order valence-electron chi connectivity index (χ0n) is 34.2. The molecule has 1 fully saturated rings. The third-order valence-corrected chi connectivity index (χ3v) is 10.7. The Bertz CT molecular complexity index is 1890. The molecule has 59 heavy (non-hydrogen) atoms. The van der Waals surface area contributed by atoms with E-state index in [1.54, 1.807) is 16.9 Å². The van der Waals surface area contributed by atoms with Gasteiger partial charge < -0.3 is 58.6 Å². The van der Waals surface area contributed by atoms with Crippen molar-refractivity contribution in [2.24, 2.45) is 0 Å². The standard InChI is InChI=1S/C43H57N5O11/c1-5-46(6-2)29-13-15-33-35(23-29)58-36-24-30(47(7-3)8-4)14-16-34(36)38(33)31-11-9-10-12-32(31)42(53)56-22-21-55-20-19-54-18-17-48-25-28(44-45-48)27-57-43-41(52)40(51)39(50)37(26-49)59-43/h9-16,23-25,37-41,43,49-52H,5-8,17-22,26-27H2,1-4H3/t37-,39-,40+,41+,43+/m1/s1. The Morgan fingerprint density at radius 2 is 1.37 bits per heavy atom. The first-order valence-corrected chi connectivity index (χ1v) is 20.4. The number of nitrogens with zero attached hydrogens (tertiary/aromatic N) is 5. The highest BCUT2D eigenvalue weighted by atomic mass is 16.7. The second kappa shape index (κ2) is 21.0. The minimum absolute atomic E-state index is 0.0709. The second-order valence-electron chi connectivity index (χ2n) is 14.3. The molecule has 16 nitrogen and oxygen atoms in total. The predicted octanol–water partition coefficient (Wildman–Crippen LogP) is 3.46. The van der Waals surface area contributed by atoms with Gasteiger partial charge in [0.25, 0.3) is 0 Å². The topological polar surface area (TPSA) is 191 Å².